The zero-order valence-electron chi connectivity index (χ0n) is 33.0. The molecule has 16 nitrogen and oxygen atoms in total. The summed E-state index contributed by atoms with van der Waals surface area (Å²) in [6.45, 7) is 15.0. The van der Waals surface area contributed by atoms with Crippen LogP contribution in [-0.2, 0) is 76.3 Å². The molecule has 0 bridgehead atoms. The highest BCUT2D eigenvalue weighted by Crippen LogP contribution is 2.30. The molecule has 0 N–H and O–H groups in total. The highest BCUT2D eigenvalue weighted by molar-refractivity contribution is 5.96. The molecule has 1 aliphatic heterocycles. The summed E-state index contributed by atoms with van der Waals surface area (Å²) in [5, 5.41) is 0. The van der Waals surface area contributed by atoms with Gasteiger partial charge in [0, 0.05) is 26.3 Å². The zero-order chi connectivity index (χ0) is 41.1. The van der Waals surface area contributed by atoms with Gasteiger partial charge in [-0.25, -0.2) is 14.4 Å². The second kappa shape index (κ2) is 23.8. The van der Waals surface area contributed by atoms with E-state index >= 15 is 0 Å². The van der Waals surface area contributed by atoms with Crippen molar-refractivity contribution in [1.82, 2.24) is 0 Å². The van der Waals surface area contributed by atoms with Gasteiger partial charge in [0.25, 0.3) is 0 Å². The smallest absolute Gasteiger partial charge is 0.351 e. The number of carbonyl (C=O) groups is 8. The minimum absolute atomic E-state index is 0.0149. The number of hydrogen-bond donors (Lipinski definition) is 0. The van der Waals surface area contributed by atoms with Crippen molar-refractivity contribution in [2.45, 2.75) is 114 Å². The lowest BCUT2D eigenvalue weighted by Gasteiger charge is -2.21. The number of esters is 8. The number of ether oxygens (including phenoxy) is 8. The van der Waals surface area contributed by atoms with Gasteiger partial charge in [-0.15, -0.1) is 0 Å². The maximum atomic E-state index is 13.4. The van der Waals surface area contributed by atoms with Crippen LogP contribution in [0.4, 0.5) is 0 Å². The standard InChI is InChI=1S/C38H56O16/c1-11-21(2)12-22(3)13-23(4)14-24(5)15-25(6)16-30(35(43)50-18-47-27(8)39)17-26(7)34(42)53-33-31(36(44)51-19-48-28(9)40)32(54-38(33)46)37(45)52-20-49-29(10)41/h15-16,21-24,26,31-33H,11-14,17-20H2,1-10H3/b25-15+,30-16+. The average Bonchev–Trinajstić information content (AvgIpc) is 3.38. The molecule has 0 radical (unpaired) electrons. The molecular weight excluding hydrogens is 712 g/mol. The summed E-state index contributed by atoms with van der Waals surface area (Å²) >= 11 is 0. The van der Waals surface area contributed by atoms with E-state index in [2.05, 4.69) is 44.1 Å². The molecule has 0 saturated carbocycles. The third kappa shape index (κ3) is 17.8. The van der Waals surface area contributed by atoms with Gasteiger partial charge in [0.15, 0.2) is 5.92 Å². The highest BCUT2D eigenvalue weighted by atomic mass is 16.7. The second-order valence-corrected chi connectivity index (χ2v) is 14.0. The lowest BCUT2D eigenvalue weighted by molar-refractivity contribution is -0.183. The molecule has 304 valence electrons. The first-order valence-electron chi connectivity index (χ1n) is 18.0. The average molecular weight is 769 g/mol. The number of allylic oxidation sites excluding steroid dienone is 3. The van der Waals surface area contributed by atoms with Crippen LogP contribution in [0.2, 0.25) is 0 Å². The van der Waals surface area contributed by atoms with Gasteiger partial charge >= 0.3 is 47.8 Å². The molecule has 1 fully saturated rings. The largest absolute Gasteiger partial charge is 0.449 e. The first kappa shape index (κ1) is 47.3. The molecule has 1 saturated heterocycles. The van der Waals surface area contributed by atoms with E-state index in [0.717, 1.165) is 40.0 Å². The quantitative estimate of drug-likeness (QED) is 0.0482. The first-order valence-corrected chi connectivity index (χ1v) is 18.0. The van der Waals surface area contributed by atoms with Crippen LogP contribution in [0.1, 0.15) is 101 Å². The Labute approximate surface area is 316 Å². The third-order valence-electron chi connectivity index (χ3n) is 8.47. The predicted molar refractivity (Wildman–Crippen MR) is 188 cm³/mol. The van der Waals surface area contributed by atoms with Crippen molar-refractivity contribution in [1.29, 1.82) is 0 Å². The number of carbonyl (C=O) groups excluding carboxylic acids is 8. The number of hydrogen-bond acceptors (Lipinski definition) is 16. The van der Waals surface area contributed by atoms with Crippen LogP contribution in [-0.4, -0.2) is 80.3 Å². The molecule has 0 amide bonds. The molecule has 1 aliphatic rings. The Balaban J connectivity index is 3.23. The Morgan fingerprint density at radius 2 is 1.19 bits per heavy atom. The van der Waals surface area contributed by atoms with E-state index in [1.807, 2.05) is 6.08 Å². The van der Waals surface area contributed by atoms with E-state index in [4.69, 9.17) is 28.4 Å². The Kier molecular flexibility index (Phi) is 20.8. The summed E-state index contributed by atoms with van der Waals surface area (Å²) in [5.41, 5.74) is 0.716. The van der Waals surface area contributed by atoms with Crippen LogP contribution in [0, 0.1) is 35.5 Å². The summed E-state index contributed by atoms with van der Waals surface area (Å²) < 4.78 is 39.0. The molecule has 1 heterocycles. The Hall–Kier alpha value is -4.76. The second-order valence-electron chi connectivity index (χ2n) is 14.0. The van der Waals surface area contributed by atoms with E-state index in [0.29, 0.717) is 23.3 Å². The van der Waals surface area contributed by atoms with Crippen molar-refractivity contribution in [2.24, 2.45) is 35.5 Å². The molecule has 8 unspecified atom stereocenters. The normalized spacial score (nSPS) is 19.9. The number of cyclic esters (lactones) is 1. The fourth-order valence-corrected chi connectivity index (χ4v) is 5.98. The summed E-state index contributed by atoms with van der Waals surface area (Å²) in [7, 11) is 0. The van der Waals surface area contributed by atoms with Crippen molar-refractivity contribution >= 4 is 47.8 Å². The van der Waals surface area contributed by atoms with Crippen LogP contribution in [0.25, 0.3) is 0 Å². The lowest BCUT2D eigenvalue weighted by atomic mass is 9.84. The van der Waals surface area contributed by atoms with Gasteiger partial charge in [-0.05, 0) is 62.4 Å². The minimum Gasteiger partial charge on any atom is -0.449 e. The van der Waals surface area contributed by atoms with Crippen LogP contribution in [0.15, 0.2) is 23.3 Å². The fourth-order valence-electron chi connectivity index (χ4n) is 5.98. The topological polar surface area (TPSA) is 210 Å². The number of rotatable bonds is 22. The maximum Gasteiger partial charge on any atom is 0.351 e. The SMILES string of the molecule is CCC(C)CC(C)CC(C)CC(C)/C=C(C)/C=C(\CC(C)C(=O)OC1C(=O)OC(C(=O)OCOC(C)=O)C1C(=O)OCOC(C)=O)C(=O)OCOC(C)=O. The molecule has 0 aromatic rings. The van der Waals surface area contributed by atoms with Gasteiger partial charge in [-0.3, -0.25) is 24.0 Å². The van der Waals surface area contributed by atoms with E-state index in [1.54, 1.807) is 13.0 Å². The monoisotopic (exact) mass is 768 g/mol. The van der Waals surface area contributed by atoms with Crippen molar-refractivity contribution in [3.63, 3.8) is 0 Å². The van der Waals surface area contributed by atoms with Gasteiger partial charge in [0.05, 0.1) is 5.92 Å². The van der Waals surface area contributed by atoms with Crippen molar-refractivity contribution < 1.29 is 76.3 Å². The van der Waals surface area contributed by atoms with Crippen LogP contribution >= 0.6 is 0 Å². The third-order valence-corrected chi connectivity index (χ3v) is 8.47. The van der Waals surface area contributed by atoms with Crippen LogP contribution in [0.3, 0.4) is 0 Å². The van der Waals surface area contributed by atoms with E-state index in [9.17, 15) is 38.4 Å². The predicted octanol–water partition coefficient (Wildman–Crippen LogP) is 4.65. The molecule has 16 heteroatoms. The summed E-state index contributed by atoms with van der Waals surface area (Å²) in [5.74, 6) is -9.36. The molecule has 54 heavy (non-hydrogen) atoms. The van der Waals surface area contributed by atoms with Crippen molar-refractivity contribution in [2.75, 3.05) is 20.4 Å². The molecule has 1 rings (SSSR count). The molecule has 0 spiro atoms. The highest BCUT2D eigenvalue weighted by Gasteiger charge is 2.56. The first-order chi connectivity index (χ1) is 25.2. The molecular formula is C38H56O16. The zero-order valence-corrected chi connectivity index (χ0v) is 33.0. The molecule has 0 aliphatic carbocycles. The maximum absolute atomic E-state index is 13.4. The van der Waals surface area contributed by atoms with E-state index in [-0.39, 0.29) is 17.9 Å². The van der Waals surface area contributed by atoms with Gasteiger partial charge in [-0.1, -0.05) is 59.6 Å². The van der Waals surface area contributed by atoms with Crippen LogP contribution in [0.5, 0.6) is 0 Å². The summed E-state index contributed by atoms with van der Waals surface area (Å²) in [6, 6.07) is 0. The van der Waals surface area contributed by atoms with Crippen molar-refractivity contribution in [3.8, 4) is 0 Å². The minimum atomic E-state index is -2.02. The van der Waals surface area contributed by atoms with Crippen LogP contribution < -0.4 is 0 Å². The molecule has 0 aromatic heterocycles. The molecule has 8 atom stereocenters. The molecule has 0 aromatic carbocycles. The summed E-state index contributed by atoms with van der Waals surface area (Å²) in [4.78, 5) is 98.5. The Bertz CT molecular complexity index is 1400. The van der Waals surface area contributed by atoms with E-state index < -0.39 is 92.2 Å². The summed E-state index contributed by atoms with van der Waals surface area (Å²) in [6.07, 6.45) is 3.56. The Morgan fingerprint density at radius 1 is 0.685 bits per heavy atom. The van der Waals surface area contributed by atoms with Gasteiger partial charge in [-0.2, -0.15) is 0 Å². The van der Waals surface area contributed by atoms with E-state index in [1.165, 1.54) is 13.3 Å². The van der Waals surface area contributed by atoms with Gasteiger partial charge in [0.1, 0.15) is 0 Å². The van der Waals surface area contributed by atoms with Gasteiger partial charge in [0.2, 0.25) is 32.6 Å². The van der Waals surface area contributed by atoms with Crippen molar-refractivity contribution in [3.05, 3.63) is 23.3 Å². The van der Waals surface area contributed by atoms with Gasteiger partial charge < -0.3 is 37.9 Å². The lowest BCUT2D eigenvalue weighted by Crippen LogP contribution is -2.42. The Morgan fingerprint density at radius 3 is 1.72 bits per heavy atom. The fraction of sp³-hybridized carbons (Fsp3) is 0.684.